The number of rotatable bonds is 2. The zero-order chi connectivity index (χ0) is 10.9. The van der Waals surface area contributed by atoms with Gasteiger partial charge in [0.15, 0.2) is 0 Å². The van der Waals surface area contributed by atoms with Crippen LogP contribution in [-0.2, 0) is 5.54 Å². The van der Waals surface area contributed by atoms with E-state index < -0.39 is 5.54 Å². The third kappa shape index (κ3) is 2.29. The molecule has 0 bridgehead atoms. The molecule has 0 saturated carbocycles. The second-order valence-electron chi connectivity index (χ2n) is 4.64. The number of nitrogens with zero attached hydrogens (tertiary/aromatic N) is 2. The van der Waals surface area contributed by atoms with Crippen LogP contribution in [0.3, 0.4) is 0 Å². The van der Waals surface area contributed by atoms with Crippen molar-refractivity contribution in [2.45, 2.75) is 46.1 Å². The number of aryl methyl sites for hydroxylation is 1. The predicted molar refractivity (Wildman–Crippen MR) is 58.1 cm³/mol. The van der Waals surface area contributed by atoms with Gasteiger partial charge in [-0.1, -0.05) is 13.8 Å². The lowest BCUT2D eigenvalue weighted by atomic mass is 10.0. The largest absolute Gasteiger partial charge is 0.319 e. The van der Waals surface area contributed by atoms with Crippen molar-refractivity contribution >= 4 is 0 Å². The van der Waals surface area contributed by atoms with Crippen molar-refractivity contribution in [3.8, 4) is 0 Å². The molecule has 0 unspecified atom stereocenters. The van der Waals surface area contributed by atoms with Crippen LogP contribution in [0.15, 0.2) is 6.20 Å². The lowest BCUT2D eigenvalue weighted by molar-refractivity contribution is 0.507. The minimum atomic E-state index is -0.461. The summed E-state index contributed by atoms with van der Waals surface area (Å²) in [7, 11) is 0. The summed E-state index contributed by atoms with van der Waals surface area (Å²) in [5, 5.41) is 0. The highest BCUT2D eigenvalue weighted by Gasteiger charge is 2.19. The van der Waals surface area contributed by atoms with E-state index in [-0.39, 0.29) is 0 Å². The van der Waals surface area contributed by atoms with Gasteiger partial charge in [-0.25, -0.2) is 9.97 Å². The third-order valence-electron chi connectivity index (χ3n) is 2.13. The Labute approximate surface area is 85.8 Å². The maximum atomic E-state index is 5.95. The molecule has 0 radical (unpaired) electrons. The molecule has 1 aromatic rings. The van der Waals surface area contributed by atoms with Gasteiger partial charge in [0, 0.05) is 11.9 Å². The molecule has 2 N–H and O–H groups in total. The predicted octanol–water partition coefficient (Wildman–Crippen LogP) is 2.10. The molecule has 0 aliphatic heterocycles. The Hall–Kier alpha value is -0.960. The van der Waals surface area contributed by atoms with Crippen LogP contribution in [0.2, 0.25) is 0 Å². The van der Waals surface area contributed by atoms with Gasteiger partial charge in [0.05, 0.1) is 5.54 Å². The van der Waals surface area contributed by atoms with E-state index in [4.69, 9.17) is 5.73 Å². The molecule has 1 rings (SSSR count). The zero-order valence-electron chi connectivity index (χ0n) is 9.63. The summed E-state index contributed by atoms with van der Waals surface area (Å²) in [6.07, 6.45) is 1.85. The number of aromatic nitrogens is 2. The first-order valence-corrected chi connectivity index (χ1v) is 4.95. The molecular weight excluding hydrogens is 174 g/mol. The average molecular weight is 193 g/mol. The Morgan fingerprint density at radius 1 is 1.36 bits per heavy atom. The maximum Gasteiger partial charge on any atom is 0.147 e. The lowest BCUT2D eigenvalue weighted by Gasteiger charge is -2.19. The summed E-state index contributed by atoms with van der Waals surface area (Å²) in [5.74, 6) is 1.13. The van der Waals surface area contributed by atoms with Crippen LogP contribution in [0.25, 0.3) is 0 Å². The van der Waals surface area contributed by atoms with E-state index >= 15 is 0 Å². The van der Waals surface area contributed by atoms with Gasteiger partial charge >= 0.3 is 0 Å². The second kappa shape index (κ2) is 3.65. The lowest BCUT2D eigenvalue weighted by Crippen LogP contribution is -2.31. The summed E-state index contributed by atoms with van der Waals surface area (Å²) in [5.41, 5.74) is 7.71. The average Bonchev–Trinajstić information content (AvgIpc) is 2.02. The fraction of sp³-hybridized carbons (Fsp3) is 0.636. The van der Waals surface area contributed by atoms with Crippen LogP contribution in [0.5, 0.6) is 0 Å². The minimum absolute atomic E-state index is 0.416. The van der Waals surface area contributed by atoms with E-state index in [0.717, 1.165) is 11.3 Å². The standard InChI is InChI=1S/C11H19N3/c1-7(2)9-8(3)6-13-10(14-9)11(4,5)12/h6-7H,12H2,1-5H3. The first kappa shape index (κ1) is 11.1. The molecule has 0 aliphatic carbocycles. The van der Waals surface area contributed by atoms with Crippen LogP contribution in [0.4, 0.5) is 0 Å². The molecule has 0 amide bonds. The summed E-state index contributed by atoms with van der Waals surface area (Å²) in [4.78, 5) is 8.76. The van der Waals surface area contributed by atoms with Crippen molar-refractivity contribution in [2.75, 3.05) is 0 Å². The molecule has 0 saturated heterocycles. The van der Waals surface area contributed by atoms with Gasteiger partial charge in [-0.3, -0.25) is 0 Å². The van der Waals surface area contributed by atoms with Crippen LogP contribution in [0, 0.1) is 6.92 Å². The quantitative estimate of drug-likeness (QED) is 0.782. The van der Waals surface area contributed by atoms with Crippen LogP contribution < -0.4 is 5.73 Å². The first-order chi connectivity index (χ1) is 6.32. The molecule has 14 heavy (non-hydrogen) atoms. The van der Waals surface area contributed by atoms with Gasteiger partial charge in [0.25, 0.3) is 0 Å². The van der Waals surface area contributed by atoms with E-state index in [1.165, 1.54) is 0 Å². The molecule has 0 fully saturated rings. The monoisotopic (exact) mass is 193 g/mol. The Balaban J connectivity index is 3.20. The Kier molecular flexibility index (Phi) is 2.90. The van der Waals surface area contributed by atoms with Gasteiger partial charge in [0.2, 0.25) is 0 Å². The molecule has 1 heterocycles. The van der Waals surface area contributed by atoms with Gasteiger partial charge in [0.1, 0.15) is 5.82 Å². The first-order valence-electron chi connectivity index (χ1n) is 4.95. The summed E-state index contributed by atoms with van der Waals surface area (Å²) < 4.78 is 0. The highest BCUT2D eigenvalue weighted by Crippen LogP contribution is 2.19. The van der Waals surface area contributed by atoms with Crippen LogP contribution >= 0.6 is 0 Å². The fourth-order valence-corrected chi connectivity index (χ4v) is 1.35. The number of hydrogen-bond acceptors (Lipinski definition) is 3. The summed E-state index contributed by atoms with van der Waals surface area (Å²) in [6.45, 7) is 10.1. The normalized spacial score (nSPS) is 12.2. The summed E-state index contributed by atoms with van der Waals surface area (Å²) in [6, 6.07) is 0. The SMILES string of the molecule is Cc1cnc(C(C)(C)N)nc1C(C)C. The third-order valence-corrected chi connectivity index (χ3v) is 2.13. The van der Waals surface area contributed by atoms with E-state index in [0.29, 0.717) is 11.7 Å². The smallest absolute Gasteiger partial charge is 0.147 e. The molecule has 0 aromatic carbocycles. The molecule has 0 spiro atoms. The van der Waals surface area contributed by atoms with Crippen molar-refractivity contribution in [3.63, 3.8) is 0 Å². The van der Waals surface area contributed by atoms with Gasteiger partial charge < -0.3 is 5.73 Å². The van der Waals surface area contributed by atoms with Gasteiger partial charge in [-0.05, 0) is 32.3 Å². The van der Waals surface area contributed by atoms with Crippen molar-refractivity contribution in [3.05, 3.63) is 23.3 Å². The minimum Gasteiger partial charge on any atom is -0.319 e. The fourth-order valence-electron chi connectivity index (χ4n) is 1.35. The molecule has 78 valence electrons. The van der Waals surface area contributed by atoms with Gasteiger partial charge in [-0.2, -0.15) is 0 Å². The van der Waals surface area contributed by atoms with Crippen molar-refractivity contribution in [2.24, 2.45) is 5.73 Å². The highest BCUT2D eigenvalue weighted by molar-refractivity contribution is 5.20. The Morgan fingerprint density at radius 2 is 1.93 bits per heavy atom. The molecule has 0 aliphatic rings. The van der Waals surface area contributed by atoms with Crippen molar-refractivity contribution in [1.82, 2.24) is 9.97 Å². The number of nitrogens with two attached hydrogens (primary N) is 1. The maximum absolute atomic E-state index is 5.95. The van der Waals surface area contributed by atoms with Crippen LogP contribution in [0.1, 0.15) is 50.7 Å². The van der Waals surface area contributed by atoms with Gasteiger partial charge in [-0.15, -0.1) is 0 Å². The van der Waals surface area contributed by atoms with E-state index in [9.17, 15) is 0 Å². The van der Waals surface area contributed by atoms with Crippen molar-refractivity contribution in [1.29, 1.82) is 0 Å². The van der Waals surface area contributed by atoms with Crippen LogP contribution in [-0.4, -0.2) is 9.97 Å². The molecule has 3 nitrogen and oxygen atoms in total. The molecule has 0 atom stereocenters. The highest BCUT2D eigenvalue weighted by atomic mass is 15.0. The summed E-state index contributed by atoms with van der Waals surface area (Å²) >= 11 is 0. The zero-order valence-corrected chi connectivity index (χ0v) is 9.63. The Morgan fingerprint density at radius 3 is 2.36 bits per heavy atom. The Bertz CT molecular complexity index is 324. The molecular formula is C11H19N3. The van der Waals surface area contributed by atoms with E-state index in [2.05, 4.69) is 23.8 Å². The second-order valence-corrected chi connectivity index (χ2v) is 4.64. The van der Waals surface area contributed by atoms with E-state index in [1.807, 2.05) is 27.0 Å². The number of hydrogen-bond donors (Lipinski definition) is 1. The molecule has 3 heteroatoms. The van der Waals surface area contributed by atoms with Crippen molar-refractivity contribution < 1.29 is 0 Å². The molecule has 1 aromatic heterocycles. The van der Waals surface area contributed by atoms with E-state index in [1.54, 1.807) is 0 Å². The topological polar surface area (TPSA) is 51.8 Å².